The first-order valence-corrected chi connectivity index (χ1v) is 7.93. The van der Waals surface area contributed by atoms with Gasteiger partial charge >= 0.3 is 0 Å². The number of hydrogen-bond donors (Lipinski definition) is 0. The molecule has 19 heavy (non-hydrogen) atoms. The van der Waals surface area contributed by atoms with Gasteiger partial charge in [-0.2, -0.15) is 8.42 Å². The zero-order valence-corrected chi connectivity index (χ0v) is 11.5. The molecule has 0 amide bonds. The Morgan fingerprint density at radius 3 is 2.58 bits per heavy atom. The largest absolute Gasteiger partial charge is 0.373 e. The lowest BCUT2D eigenvalue weighted by molar-refractivity contribution is 0.0379. The molecule has 2 rings (SSSR count). The number of benzene rings is 1. The van der Waals surface area contributed by atoms with Crippen LogP contribution in [-0.4, -0.2) is 33.1 Å². The van der Waals surface area contributed by atoms with Gasteiger partial charge in [-0.25, -0.2) is 4.39 Å². The van der Waals surface area contributed by atoms with Crippen molar-refractivity contribution in [1.29, 1.82) is 0 Å². The van der Waals surface area contributed by atoms with Gasteiger partial charge in [0.25, 0.3) is 10.1 Å². The van der Waals surface area contributed by atoms with Gasteiger partial charge in [0.2, 0.25) is 0 Å². The highest BCUT2D eigenvalue weighted by Gasteiger charge is 2.37. The van der Waals surface area contributed by atoms with Crippen LogP contribution >= 0.6 is 0 Å². The van der Waals surface area contributed by atoms with Crippen molar-refractivity contribution in [3.8, 4) is 0 Å². The predicted molar refractivity (Wildman–Crippen MR) is 68.9 cm³/mol. The Bertz CT molecular complexity index is 503. The van der Waals surface area contributed by atoms with Crippen LogP contribution in [0, 0.1) is 0 Å². The van der Waals surface area contributed by atoms with Gasteiger partial charge in [-0.3, -0.25) is 4.18 Å². The number of alkyl halides is 1. The van der Waals surface area contributed by atoms with Crippen LogP contribution < -0.4 is 0 Å². The van der Waals surface area contributed by atoms with Crippen LogP contribution in [0.2, 0.25) is 0 Å². The summed E-state index contributed by atoms with van der Waals surface area (Å²) in [5, 5.41) is 0. The average Bonchev–Trinajstić information content (AvgIpc) is 2.67. The molecule has 106 valence electrons. The molecular formula is C13H17FO4S. The Kier molecular flexibility index (Phi) is 4.54. The maximum absolute atomic E-state index is 13.6. The molecule has 1 aromatic rings. The summed E-state index contributed by atoms with van der Waals surface area (Å²) < 4.78 is 45.9. The third kappa shape index (κ3) is 4.56. The lowest BCUT2D eigenvalue weighted by atomic mass is 10.2. The highest BCUT2D eigenvalue weighted by molar-refractivity contribution is 7.86. The number of halogens is 1. The van der Waals surface area contributed by atoms with Crippen LogP contribution in [0.4, 0.5) is 4.39 Å². The monoisotopic (exact) mass is 288 g/mol. The summed E-state index contributed by atoms with van der Waals surface area (Å²) in [5.41, 5.74) is 1.00. The van der Waals surface area contributed by atoms with E-state index in [-0.39, 0.29) is 18.9 Å². The minimum Gasteiger partial charge on any atom is -0.373 e. The van der Waals surface area contributed by atoms with E-state index in [2.05, 4.69) is 0 Å². The molecular weight excluding hydrogens is 271 g/mol. The van der Waals surface area contributed by atoms with Crippen molar-refractivity contribution in [2.75, 3.05) is 6.26 Å². The van der Waals surface area contributed by atoms with E-state index in [1.54, 1.807) is 0 Å². The van der Waals surface area contributed by atoms with Crippen molar-refractivity contribution in [1.82, 2.24) is 0 Å². The van der Waals surface area contributed by atoms with E-state index in [0.29, 0.717) is 6.61 Å². The molecule has 1 fully saturated rings. The van der Waals surface area contributed by atoms with Crippen molar-refractivity contribution in [2.24, 2.45) is 0 Å². The maximum Gasteiger partial charge on any atom is 0.264 e. The lowest BCUT2D eigenvalue weighted by Gasteiger charge is -2.12. The molecule has 0 bridgehead atoms. The van der Waals surface area contributed by atoms with Gasteiger partial charge in [-0.15, -0.1) is 0 Å². The fraction of sp³-hybridized carbons (Fsp3) is 0.538. The first-order chi connectivity index (χ1) is 8.94. The lowest BCUT2D eigenvalue weighted by Crippen LogP contribution is -2.22. The molecule has 0 unspecified atom stereocenters. The zero-order valence-electron chi connectivity index (χ0n) is 10.7. The second kappa shape index (κ2) is 5.98. The molecule has 0 saturated heterocycles. The first-order valence-electron chi connectivity index (χ1n) is 6.12. The molecule has 6 heteroatoms. The van der Waals surface area contributed by atoms with Gasteiger partial charge in [0, 0.05) is 12.8 Å². The Morgan fingerprint density at radius 2 is 1.95 bits per heavy atom. The number of hydrogen-bond acceptors (Lipinski definition) is 4. The van der Waals surface area contributed by atoms with E-state index in [1.165, 1.54) is 0 Å². The van der Waals surface area contributed by atoms with E-state index in [0.717, 1.165) is 11.8 Å². The summed E-state index contributed by atoms with van der Waals surface area (Å²) in [4.78, 5) is 0. The minimum absolute atomic E-state index is 0.174. The quantitative estimate of drug-likeness (QED) is 0.778. The van der Waals surface area contributed by atoms with Crippen molar-refractivity contribution in [2.45, 2.75) is 37.8 Å². The van der Waals surface area contributed by atoms with E-state index < -0.39 is 22.4 Å². The van der Waals surface area contributed by atoms with Gasteiger partial charge in [0.05, 0.1) is 19.0 Å². The van der Waals surface area contributed by atoms with Crippen LogP contribution in [0.1, 0.15) is 18.4 Å². The second-order valence-corrected chi connectivity index (χ2v) is 6.35. The summed E-state index contributed by atoms with van der Waals surface area (Å²) in [5.74, 6) is 0. The molecule has 1 aliphatic carbocycles. The van der Waals surface area contributed by atoms with Crippen LogP contribution in [0.3, 0.4) is 0 Å². The standard InChI is InChI=1S/C13H17FO4S/c1-19(15,16)18-13-8-11(7-12(13)14)17-9-10-5-3-2-4-6-10/h2-6,11-13H,7-9H2,1H3/t11-,12-,13+/m1/s1. The molecule has 1 saturated carbocycles. The summed E-state index contributed by atoms with van der Waals surface area (Å²) in [6.07, 6.45) is -1.15. The van der Waals surface area contributed by atoms with Gasteiger partial charge in [0.1, 0.15) is 12.3 Å². The molecule has 0 N–H and O–H groups in total. The SMILES string of the molecule is CS(=O)(=O)O[C@H]1C[C@H](OCc2ccccc2)C[C@H]1F. The van der Waals surface area contributed by atoms with Crippen molar-refractivity contribution < 1.29 is 21.7 Å². The van der Waals surface area contributed by atoms with Gasteiger partial charge in [-0.1, -0.05) is 30.3 Å². The molecule has 0 spiro atoms. The first kappa shape index (κ1) is 14.4. The van der Waals surface area contributed by atoms with E-state index >= 15 is 0 Å². The number of rotatable bonds is 5. The van der Waals surface area contributed by atoms with Crippen LogP contribution in [0.15, 0.2) is 30.3 Å². The van der Waals surface area contributed by atoms with Crippen molar-refractivity contribution >= 4 is 10.1 Å². The third-order valence-corrected chi connectivity index (χ3v) is 3.61. The van der Waals surface area contributed by atoms with Crippen LogP contribution in [0.25, 0.3) is 0 Å². The molecule has 1 aromatic carbocycles. The third-order valence-electron chi connectivity index (χ3n) is 3.01. The molecule has 1 aliphatic rings. The van der Waals surface area contributed by atoms with Gasteiger partial charge < -0.3 is 4.74 Å². The summed E-state index contributed by atoms with van der Waals surface area (Å²) in [6, 6.07) is 9.56. The Labute approximate surface area is 112 Å². The molecule has 3 atom stereocenters. The van der Waals surface area contributed by atoms with Crippen molar-refractivity contribution in [3.05, 3.63) is 35.9 Å². The fourth-order valence-electron chi connectivity index (χ4n) is 2.15. The number of ether oxygens (including phenoxy) is 1. The predicted octanol–water partition coefficient (Wildman–Crippen LogP) is 2.05. The average molecular weight is 288 g/mol. The maximum atomic E-state index is 13.6. The Hall–Kier alpha value is -0.980. The van der Waals surface area contributed by atoms with Crippen LogP contribution in [-0.2, 0) is 25.6 Å². The summed E-state index contributed by atoms with van der Waals surface area (Å²) in [7, 11) is -3.63. The second-order valence-electron chi connectivity index (χ2n) is 4.74. The molecule has 0 aromatic heterocycles. The molecule has 0 radical (unpaired) electrons. The highest BCUT2D eigenvalue weighted by Crippen LogP contribution is 2.29. The summed E-state index contributed by atoms with van der Waals surface area (Å²) in [6.45, 7) is 0.393. The minimum atomic E-state index is -3.63. The normalized spacial score (nSPS) is 27.6. The van der Waals surface area contributed by atoms with Crippen LogP contribution in [0.5, 0.6) is 0 Å². The van der Waals surface area contributed by atoms with E-state index in [4.69, 9.17) is 8.92 Å². The zero-order chi connectivity index (χ0) is 13.9. The van der Waals surface area contributed by atoms with Gasteiger partial charge in [-0.05, 0) is 5.56 Å². The molecule has 0 heterocycles. The van der Waals surface area contributed by atoms with Crippen molar-refractivity contribution in [3.63, 3.8) is 0 Å². The smallest absolute Gasteiger partial charge is 0.264 e. The molecule has 0 aliphatic heterocycles. The fourth-order valence-corrected chi connectivity index (χ4v) is 2.80. The highest BCUT2D eigenvalue weighted by atomic mass is 32.2. The van der Waals surface area contributed by atoms with E-state index in [1.807, 2.05) is 30.3 Å². The summed E-state index contributed by atoms with van der Waals surface area (Å²) >= 11 is 0. The Balaban J connectivity index is 1.84. The van der Waals surface area contributed by atoms with Gasteiger partial charge in [0.15, 0.2) is 0 Å². The van der Waals surface area contributed by atoms with E-state index in [9.17, 15) is 12.8 Å². The Morgan fingerprint density at radius 1 is 1.26 bits per heavy atom. The molecule has 4 nitrogen and oxygen atoms in total. The topological polar surface area (TPSA) is 52.6 Å².